The van der Waals surface area contributed by atoms with Gasteiger partial charge in [0, 0.05) is 45.8 Å². The van der Waals surface area contributed by atoms with Crippen molar-refractivity contribution in [2.75, 3.05) is 59.1 Å². The predicted molar refractivity (Wildman–Crippen MR) is 186 cm³/mol. The minimum atomic E-state index is -1.25. The number of benzene rings is 2. The van der Waals surface area contributed by atoms with Crippen molar-refractivity contribution in [3.63, 3.8) is 0 Å². The minimum Gasteiger partial charge on any atom is -0.394 e. The zero-order valence-electron chi connectivity index (χ0n) is 28.8. The molecule has 49 heavy (non-hydrogen) atoms. The van der Waals surface area contributed by atoms with Gasteiger partial charge in [0.2, 0.25) is 17.7 Å². The van der Waals surface area contributed by atoms with E-state index in [4.69, 9.17) is 9.47 Å². The van der Waals surface area contributed by atoms with E-state index in [-0.39, 0.29) is 36.8 Å². The first kappa shape index (κ1) is 35.0. The van der Waals surface area contributed by atoms with Gasteiger partial charge < -0.3 is 29.3 Å². The largest absolute Gasteiger partial charge is 0.394 e. The number of hydrogen-bond donors (Lipinski definition) is 1. The van der Waals surface area contributed by atoms with Crippen LogP contribution in [0.25, 0.3) is 0 Å². The van der Waals surface area contributed by atoms with E-state index in [2.05, 4.69) is 25.0 Å². The molecule has 3 unspecified atom stereocenters. The van der Waals surface area contributed by atoms with Crippen LogP contribution in [0.4, 0.5) is 0 Å². The van der Waals surface area contributed by atoms with Gasteiger partial charge in [-0.1, -0.05) is 79.7 Å². The highest BCUT2D eigenvalue weighted by atomic mass is 16.5. The van der Waals surface area contributed by atoms with Gasteiger partial charge >= 0.3 is 0 Å². The molecular formula is C39H50N4O6. The number of amides is 3. The molecule has 7 atom stereocenters. The highest BCUT2D eigenvalue weighted by Gasteiger charge is 2.80. The number of rotatable bonds is 14. The standard InChI is InChI=1S/C39H50N4O6/c1-5-17-41(20-19-40-21-23-48-24-22-40)37(47)34-39-25-28(3)38(4,49-39)32(35(45)42(18-6-2)26-29-13-9-7-10-14-29)33(39)36(46)43(34)31(27-44)30-15-11-8-12-16-30/h5-16,28,31-34,44H,1-2,17-27H2,3-4H3/t28?,31-,32-,33+,34?,38+,39?/m1/s1. The van der Waals surface area contributed by atoms with Crippen molar-refractivity contribution >= 4 is 17.7 Å². The zero-order valence-corrected chi connectivity index (χ0v) is 28.8. The average Bonchev–Trinajstić information content (AvgIpc) is 3.64. The Kier molecular flexibility index (Phi) is 10.4. The van der Waals surface area contributed by atoms with E-state index in [1.165, 1.54) is 0 Å². The molecule has 4 saturated heterocycles. The number of morpholine rings is 1. The van der Waals surface area contributed by atoms with Gasteiger partial charge in [0.25, 0.3) is 0 Å². The molecule has 4 aliphatic rings. The summed E-state index contributed by atoms with van der Waals surface area (Å²) in [6.07, 6.45) is 3.84. The molecule has 2 aromatic rings. The van der Waals surface area contributed by atoms with Gasteiger partial charge in [-0.25, -0.2) is 0 Å². The van der Waals surface area contributed by atoms with E-state index in [1.54, 1.807) is 26.9 Å². The Labute approximate surface area is 289 Å². The first-order chi connectivity index (χ1) is 23.7. The second-order valence-electron chi connectivity index (χ2n) is 14.1. The normalized spacial score (nSPS) is 29.8. The fourth-order valence-electron chi connectivity index (χ4n) is 8.79. The molecule has 0 radical (unpaired) electrons. The molecule has 10 nitrogen and oxygen atoms in total. The Balaban J connectivity index is 1.42. The summed E-state index contributed by atoms with van der Waals surface area (Å²) in [6.45, 7) is 16.3. The van der Waals surface area contributed by atoms with Gasteiger partial charge in [-0.05, 0) is 30.4 Å². The molecular weight excluding hydrogens is 620 g/mol. The number of carbonyl (C=O) groups is 3. The number of carbonyl (C=O) groups excluding carboxylic acids is 3. The smallest absolute Gasteiger partial charge is 0.248 e. The van der Waals surface area contributed by atoms with Crippen LogP contribution in [0.3, 0.4) is 0 Å². The molecule has 3 amide bonds. The maximum absolute atomic E-state index is 15.1. The van der Waals surface area contributed by atoms with Crippen LogP contribution >= 0.6 is 0 Å². The molecule has 2 bridgehead atoms. The number of nitrogens with zero attached hydrogens (tertiary/aromatic N) is 4. The number of ether oxygens (including phenoxy) is 2. The van der Waals surface area contributed by atoms with Crippen molar-refractivity contribution in [3.8, 4) is 0 Å². The Hall–Kier alpha value is -3.83. The fraction of sp³-hybridized carbons (Fsp3) is 0.513. The van der Waals surface area contributed by atoms with Crippen molar-refractivity contribution in [2.45, 2.75) is 50.1 Å². The van der Waals surface area contributed by atoms with Gasteiger partial charge in [0.05, 0.1) is 43.3 Å². The summed E-state index contributed by atoms with van der Waals surface area (Å²) in [5.41, 5.74) is -0.552. The van der Waals surface area contributed by atoms with E-state index >= 15 is 9.59 Å². The molecule has 0 aliphatic carbocycles. The SMILES string of the molecule is C=CCN(CCN1CCOCC1)C(=O)C1N([C@H](CO)c2ccccc2)C(=O)[C@@H]2[C@H](C(=O)N(CC=C)Cc3ccccc3)[C@@]3(C)OC12CC3C. The lowest BCUT2D eigenvalue weighted by Crippen LogP contribution is -2.58. The highest BCUT2D eigenvalue weighted by Crippen LogP contribution is 2.66. The minimum absolute atomic E-state index is 0.117. The maximum Gasteiger partial charge on any atom is 0.248 e. The zero-order chi connectivity index (χ0) is 34.8. The van der Waals surface area contributed by atoms with Crippen LogP contribution in [-0.4, -0.2) is 119 Å². The molecule has 1 N–H and O–H groups in total. The van der Waals surface area contributed by atoms with Crippen LogP contribution in [0.15, 0.2) is 86.0 Å². The monoisotopic (exact) mass is 670 g/mol. The van der Waals surface area contributed by atoms with Crippen LogP contribution < -0.4 is 0 Å². The molecule has 2 aromatic carbocycles. The van der Waals surface area contributed by atoms with Crippen LogP contribution in [0.2, 0.25) is 0 Å². The Morgan fingerprint density at radius 1 is 1.00 bits per heavy atom. The molecule has 1 spiro atoms. The van der Waals surface area contributed by atoms with Gasteiger partial charge in [-0.2, -0.15) is 0 Å². The topological polar surface area (TPSA) is 103 Å². The molecule has 4 heterocycles. The summed E-state index contributed by atoms with van der Waals surface area (Å²) >= 11 is 0. The summed E-state index contributed by atoms with van der Waals surface area (Å²) in [7, 11) is 0. The van der Waals surface area contributed by atoms with E-state index in [0.717, 1.165) is 18.7 Å². The van der Waals surface area contributed by atoms with Crippen LogP contribution in [0.5, 0.6) is 0 Å². The molecule has 262 valence electrons. The molecule has 10 heteroatoms. The number of aliphatic hydroxyl groups is 1. The lowest BCUT2D eigenvalue weighted by molar-refractivity contribution is -0.158. The summed E-state index contributed by atoms with van der Waals surface area (Å²) in [5, 5.41) is 10.9. The number of aliphatic hydroxyl groups excluding tert-OH is 1. The Bertz CT molecular complexity index is 1520. The van der Waals surface area contributed by atoms with E-state index in [1.807, 2.05) is 67.6 Å². The Morgan fingerprint density at radius 3 is 2.27 bits per heavy atom. The molecule has 4 aliphatic heterocycles. The molecule has 0 aromatic heterocycles. The number of hydrogen-bond acceptors (Lipinski definition) is 7. The summed E-state index contributed by atoms with van der Waals surface area (Å²) in [6, 6.07) is 17.2. The first-order valence-corrected chi connectivity index (χ1v) is 17.5. The third-order valence-electron chi connectivity index (χ3n) is 11.3. The Morgan fingerprint density at radius 2 is 1.63 bits per heavy atom. The van der Waals surface area contributed by atoms with Crippen molar-refractivity contribution in [2.24, 2.45) is 17.8 Å². The third-order valence-corrected chi connectivity index (χ3v) is 11.3. The molecule has 6 rings (SSSR count). The van der Waals surface area contributed by atoms with Gasteiger partial charge in [-0.3, -0.25) is 19.3 Å². The summed E-state index contributed by atoms with van der Waals surface area (Å²) in [4.78, 5) is 52.3. The fourth-order valence-corrected chi connectivity index (χ4v) is 8.79. The highest BCUT2D eigenvalue weighted by molar-refractivity contribution is 5.99. The lowest BCUT2D eigenvalue weighted by Gasteiger charge is -2.40. The summed E-state index contributed by atoms with van der Waals surface area (Å²) in [5.74, 6) is -2.63. The lowest BCUT2D eigenvalue weighted by atomic mass is 9.62. The van der Waals surface area contributed by atoms with Gasteiger partial charge in [0.15, 0.2) is 0 Å². The third kappa shape index (κ3) is 6.24. The van der Waals surface area contributed by atoms with Crippen molar-refractivity contribution < 1.29 is 29.0 Å². The number of fused-ring (bicyclic) bond motifs is 1. The van der Waals surface area contributed by atoms with Gasteiger partial charge in [-0.15, -0.1) is 13.2 Å². The number of likely N-dealkylation sites (tertiary alicyclic amines) is 1. The van der Waals surface area contributed by atoms with E-state index in [9.17, 15) is 9.90 Å². The van der Waals surface area contributed by atoms with Crippen LogP contribution in [0, 0.1) is 17.8 Å². The van der Waals surface area contributed by atoms with E-state index in [0.29, 0.717) is 51.4 Å². The van der Waals surface area contributed by atoms with E-state index < -0.39 is 35.1 Å². The molecule has 4 fully saturated rings. The maximum atomic E-state index is 15.1. The second-order valence-corrected chi connectivity index (χ2v) is 14.1. The average molecular weight is 671 g/mol. The first-order valence-electron chi connectivity index (χ1n) is 17.5. The predicted octanol–water partition coefficient (Wildman–Crippen LogP) is 3.29. The van der Waals surface area contributed by atoms with Crippen molar-refractivity contribution in [3.05, 3.63) is 97.1 Å². The second kappa shape index (κ2) is 14.6. The summed E-state index contributed by atoms with van der Waals surface area (Å²) < 4.78 is 12.6. The van der Waals surface area contributed by atoms with Crippen molar-refractivity contribution in [1.82, 2.24) is 19.6 Å². The quantitative estimate of drug-likeness (QED) is 0.308. The molecule has 0 saturated carbocycles. The van der Waals surface area contributed by atoms with Gasteiger partial charge in [0.1, 0.15) is 11.6 Å². The van der Waals surface area contributed by atoms with Crippen molar-refractivity contribution in [1.29, 1.82) is 0 Å². The van der Waals surface area contributed by atoms with Crippen LogP contribution in [0.1, 0.15) is 37.4 Å². The van der Waals surface area contributed by atoms with Crippen LogP contribution in [-0.2, 0) is 30.4 Å².